The van der Waals surface area contributed by atoms with Gasteiger partial charge in [-0.05, 0) is 36.4 Å². The first-order chi connectivity index (χ1) is 12.6. The van der Waals surface area contributed by atoms with Gasteiger partial charge >= 0.3 is 0 Å². The number of hydrogen-bond acceptors (Lipinski definition) is 6. The summed E-state index contributed by atoms with van der Waals surface area (Å²) in [6.07, 6.45) is 1.21. The highest BCUT2D eigenvalue weighted by Gasteiger charge is 2.10. The summed E-state index contributed by atoms with van der Waals surface area (Å²) in [7, 11) is 0. The Morgan fingerprint density at radius 3 is 2.54 bits per heavy atom. The molecule has 0 atom stereocenters. The summed E-state index contributed by atoms with van der Waals surface area (Å²) in [5.41, 5.74) is 5.61. The molecule has 1 aromatic heterocycles. The third kappa shape index (κ3) is 4.45. The zero-order chi connectivity index (χ0) is 18.4. The first-order valence-electron chi connectivity index (χ1n) is 7.46. The Bertz CT molecular complexity index is 901. The van der Waals surface area contributed by atoms with E-state index in [0.29, 0.717) is 21.9 Å². The van der Waals surface area contributed by atoms with E-state index in [1.54, 1.807) is 42.5 Å². The maximum Gasteiger partial charge on any atom is 0.269 e. The molecule has 3 rings (SSSR count). The van der Waals surface area contributed by atoms with E-state index in [9.17, 15) is 14.0 Å². The van der Waals surface area contributed by atoms with E-state index in [2.05, 4.69) is 21.0 Å². The Morgan fingerprint density at radius 2 is 1.85 bits per heavy atom. The molecule has 0 spiro atoms. The van der Waals surface area contributed by atoms with Crippen LogP contribution in [0.15, 0.2) is 64.2 Å². The van der Waals surface area contributed by atoms with Crippen molar-refractivity contribution in [2.75, 3.05) is 5.75 Å². The van der Waals surface area contributed by atoms with Crippen LogP contribution in [0.1, 0.15) is 10.4 Å². The Balaban J connectivity index is 1.49. The average molecular weight is 372 g/mol. The molecule has 0 unspecified atom stereocenters. The van der Waals surface area contributed by atoms with Crippen molar-refractivity contribution < 1.29 is 18.4 Å². The smallest absolute Gasteiger partial charge is 0.269 e. The zero-order valence-corrected chi connectivity index (χ0v) is 14.1. The minimum atomic E-state index is -0.480. The van der Waals surface area contributed by atoms with Gasteiger partial charge in [0.1, 0.15) is 5.82 Å². The fourth-order valence-corrected chi connectivity index (χ4v) is 2.74. The Morgan fingerprint density at radius 1 is 1.08 bits per heavy atom. The van der Waals surface area contributed by atoms with E-state index in [-0.39, 0.29) is 5.75 Å². The summed E-state index contributed by atoms with van der Waals surface area (Å²) in [5, 5.41) is 7.35. The van der Waals surface area contributed by atoms with Crippen molar-refractivity contribution in [1.82, 2.24) is 21.0 Å². The second-order valence-corrected chi connectivity index (χ2v) is 6.06. The molecular weight excluding hydrogens is 359 g/mol. The van der Waals surface area contributed by atoms with Crippen molar-refractivity contribution in [2.24, 2.45) is 0 Å². The molecule has 0 saturated heterocycles. The molecule has 7 nitrogen and oxygen atoms in total. The van der Waals surface area contributed by atoms with Crippen LogP contribution in [0.5, 0.6) is 0 Å². The lowest BCUT2D eigenvalue weighted by atomic mass is 10.1. The van der Waals surface area contributed by atoms with Crippen LogP contribution in [0.4, 0.5) is 4.39 Å². The molecule has 132 valence electrons. The summed E-state index contributed by atoms with van der Waals surface area (Å²) >= 11 is 1.04. The van der Waals surface area contributed by atoms with E-state index in [0.717, 1.165) is 11.8 Å². The van der Waals surface area contributed by atoms with Crippen LogP contribution in [-0.2, 0) is 4.79 Å². The molecule has 0 bridgehead atoms. The van der Waals surface area contributed by atoms with Gasteiger partial charge in [0.05, 0.1) is 5.75 Å². The SMILES string of the molecule is O=C(CSc1ccccc1F)NNC(=O)c1ccc(-c2nnco2)cc1. The number of nitrogens with one attached hydrogen (secondary N) is 2. The molecule has 0 aliphatic rings. The van der Waals surface area contributed by atoms with Crippen LogP contribution in [0.25, 0.3) is 11.5 Å². The van der Waals surface area contributed by atoms with Crippen LogP contribution in [-0.4, -0.2) is 27.8 Å². The standard InChI is InChI=1S/C17H13FN4O3S/c18-13-3-1-2-4-14(13)26-9-15(23)20-21-16(24)11-5-7-12(8-6-11)17-22-19-10-25-17/h1-8,10H,9H2,(H,20,23)(H,21,24). The van der Waals surface area contributed by atoms with E-state index >= 15 is 0 Å². The summed E-state index contributed by atoms with van der Waals surface area (Å²) in [6.45, 7) is 0. The van der Waals surface area contributed by atoms with Crippen LogP contribution in [0.2, 0.25) is 0 Å². The van der Waals surface area contributed by atoms with Gasteiger partial charge < -0.3 is 4.42 Å². The quantitative estimate of drug-likeness (QED) is 0.527. The number of halogens is 1. The lowest BCUT2D eigenvalue weighted by molar-refractivity contribution is -0.119. The number of nitrogens with zero attached hydrogens (tertiary/aromatic N) is 2. The molecule has 0 aliphatic heterocycles. The molecule has 2 N–H and O–H groups in total. The number of carbonyl (C=O) groups excluding carboxylic acids is 2. The van der Waals surface area contributed by atoms with Gasteiger partial charge in [0.2, 0.25) is 18.2 Å². The Kier molecular flexibility index (Phi) is 5.59. The summed E-state index contributed by atoms with van der Waals surface area (Å²) < 4.78 is 18.5. The molecule has 1 heterocycles. The third-order valence-corrected chi connectivity index (χ3v) is 4.31. The average Bonchev–Trinajstić information content (AvgIpc) is 3.20. The molecule has 26 heavy (non-hydrogen) atoms. The molecule has 0 aliphatic carbocycles. The highest BCUT2D eigenvalue weighted by molar-refractivity contribution is 8.00. The van der Waals surface area contributed by atoms with Crippen LogP contribution < -0.4 is 10.9 Å². The van der Waals surface area contributed by atoms with E-state index in [1.807, 2.05) is 0 Å². The summed E-state index contributed by atoms with van der Waals surface area (Å²) in [4.78, 5) is 24.2. The lowest BCUT2D eigenvalue weighted by Crippen LogP contribution is -2.42. The maximum absolute atomic E-state index is 13.5. The Hall–Kier alpha value is -3.20. The topological polar surface area (TPSA) is 97.1 Å². The first kappa shape index (κ1) is 17.6. The number of hydrogen-bond donors (Lipinski definition) is 2. The van der Waals surface area contributed by atoms with Crippen molar-refractivity contribution >= 4 is 23.6 Å². The lowest BCUT2D eigenvalue weighted by Gasteiger charge is -2.08. The highest BCUT2D eigenvalue weighted by atomic mass is 32.2. The molecule has 9 heteroatoms. The number of rotatable bonds is 5. The molecule has 2 aromatic carbocycles. The van der Waals surface area contributed by atoms with Gasteiger partial charge in [-0.1, -0.05) is 12.1 Å². The second kappa shape index (κ2) is 8.26. The summed E-state index contributed by atoms with van der Waals surface area (Å²) in [6, 6.07) is 12.6. The van der Waals surface area contributed by atoms with Crippen LogP contribution in [0.3, 0.4) is 0 Å². The summed E-state index contributed by atoms with van der Waals surface area (Å²) in [5.74, 6) is -1.01. The van der Waals surface area contributed by atoms with Gasteiger partial charge in [0.15, 0.2) is 0 Å². The Labute approximate surface area is 152 Å². The van der Waals surface area contributed by atoms with Crippen molar-refractivity contribution in [2.45, 2.75) is 4.90 Å². The van der Waals surface area contributed by atoms with E-state index in [4.69, 9.17) is 4.42 Å². The maximum atomic E-state index is 13.5. The van der Waals surface area contributed by atoms with Gasteiger partial charge in [-0.25, -0.2) is 4.39 Å². The minimum Gasteiger partial charge on any atom is -0.423 e. The predicted molar refractivity (Wildman–Crippen MR) is 92.5 cm³/mol. The highest BCUT2D eigenvalue weighted by Crippen LogP contribution is 2.20. The predicted octanol–water partition coefficient (Wildman–Crippen LogP) is 2.43. The first-order valence-corrected chi connectivity index (χ1v) is 8.45. The van der Waals surface area contributed by atoms with Crippen LogP contribution >= 0.6 is 11.8 Å². The molecule has 3 aromatic rings. The number of hydrazine groups is 1. The van der Waals surface area contributed by atoms with Crippen molar-refractivity contribution in [3.8, 4) is 11.5 Å². The number of thioether (sulfide) groups is 1. The molecular formula is C17H13FN4O3S. The van der Waals surface area contributed by atoms with Gasteiger partial charge in [0, 0.05) is 16.0 Å². The van der Waals surface area contributed by atoms with Gasteiger partial charge in [-0.2, -0.15) is 0 Å². The number of aromatic nitrogens is 2. The minimum absolute atomic E-state index is 0.0304. The van der Waals surface area contributed by atoms with Crippen LogP contribution in [0, 0.1) is 5.82 Å². The van der Waals surface area contributed by atoms with E-state index < -0.39 is 17.6 Å². The molecule has 2 amide bonds. The van der Waals surface area contributed by atoms with Crippen molar-refractivity contribution in [3.63, 3.8) is 0 Å². The van der Waals surface area contributed by atoms with Crippen molar-refractivity contribution in [3.05, 3.63) is 66.3 Å². The van der Waals surface area contributed by atoms with Gasteiger partial charge in [-0.3, -0.25) is 20.4 Å². The number of amides is 2. The molecule has 0 fully saturated rings. The van der Waals surface area contributed by atoms with E-state index in [1.165, 1.54) is 12.5 Å². The third-order valence-electron chi connectivity index (χ3n) is 3.26. The fraction of sp³-hybridized carbons (Fsp3) is 0.0588. The number of benzene rings is 2. The normalized spacial score (nSPS) is 10.3. The molecule has 0 saturated carbocycles. The van der Waals surface area contributed by atoms with Gasteiger partial charge in [-0.15, -0.1) is 22.0 Å². The second-order valence-electron chi connectivity index (χ2n) is 5.04. The van der Waals surface area contributed by atoms with Gasteiger partial charge in [0.25, 0.3) is 5.91 Å². The largest absolute Gasteiger partial charge is 0.423 e. The zero-order valence-electron chi connectivity index (χ0n) is 13.3. The van der Waals surface area contributed by atoms with Crippen molar-refractivity contribution in [1.29, 1.82) is 0 Å². The molecule has 0 radical (unpaired) electrons. The fourth-order valence-electron chi connectivity index (χ4n) is 2.00. The number of carbonyl (C=O) groups is 2. The monoisotopic (exact) mass is 372 g/mol.